The lowest BCUT2D eigenvalue weighted by molar-refractivity contribution is 0.203. The number of likely N-dealkylation sites (tertiary alicyclic amines) is 1. The Morgan fingerprint density at radius 1 is 1.21 bits per heavy atom. The Labute approximate surface area is 144 Å². The van der Waals surface area contributed by atoms with Crippen molar-refractivity contribution in [3.05, 3.63) is 47.7 Å². The van der Waals surface area contributed by atoms with Crippen molar-refractivity contribution in [1.29, 1.82) is 0 Å². The number of nitrogens with two attached hydrogens (primary N) is 1. The number of rotatable bonds is 5. The summed E-state index contributed by atoms with van der Waals surface area (Å²) in [4.78, 5) is 13.7. The summed E-state index contributed by atoms with van der Waals surface area (Å²) in [7, 11) is 2.08. The zero-order valence-corrected chi connectivity index (χ0v) is 14.7. The highest BCUT2D eigenvalue weighted by Crippen LogP contribution is 2.22. The largest absolute Gasteiger partial charge is 0.383 e. The van der Waals surface area contributed by atoms with Crippen molar-refractivity contribution in [3.63, 3.8) is 0 Å². The SMILES string of the molecule is CCc1cnc(N(C)C2CCN(Cc3ccccc3)CC2)nc1N. The highest BCUT2D eigenvalue weighted by atomic mass is 15.3. The molecule has 2 heterocycles. The smallest absolute Gasteiger partial charge is 0.227 e. The number of nitrogen functional groups attached to an aromatic ring is 1. The summed E-state index contributed by atoms with van der Waals surface area (Å²) in [5.74, 6) is 1.35. The minimum atomic E-state index is 0.476. The summed E-state index contributed by atoms with van der Waals surface area (Å²) in [5, 5.41) is 0. The van der Waals surface area contributed by atoms with Crippen LogP contribution in [0.4, 0.5) is 11.8 Å². The van der Waals surface area contributed by atoms with Gasteiger partial charge in [0.05, 0.1) is 0 Å². The normalized spacial score (nSPS) is 16.2. The predicted molar refractivity (Wildman–Crippen MR) is 99.0 cm³/mol. The third-order valence-electron chi connectivity index (χ3n) is 4.94. The van der Waals surface area contributed by atoms with Gasteiger partial charge in [-0.3, -0.25) is 4.90 Å². The van der Waals surface area contributed by atoms with Crippen molar-refractivity contribution < 1.29 is 0 Å². The van der Waals surface area contributed by atoms with Crippen LogP contribution in [-0.4, -0.2) is 41.0 Å². The Morgan fingerprint density at radius 3 is 2.54 bits per heavy atom. The third-order valence-corrected chi connectivity index (χ3v) is 4.94. The summed E-state index contributed by atoms with van der Waals surface area (Å²) in [5.41, 5.74) is 8.42. The van der Waals surface area contributed by atoms with Crippen LogP contribution in [0.3, 0.4) is 0 Å². The fourth-order valence-corrected chi connectivity index (χ4v) is 3.32. The van der Waals surface area contributed by atoms with E-state index in [1.54, 1.807) is 0 Å². The number of piperidine rings is 1. The number of benzene rings is 1. The summed E-state index contributed by atoms with van der Waals surface area (Å²) < 4.78 is 0. The molecule has 0 amide bonds. The van der Waals surface area contributed by atoms with Gasteiger partial charge in [0.1, 0.15) is 5.82 Å². The molecular weight excluding hydrogens is 298 g/mol. The van der Waals surface area contributed by atoms with Gasteiger partial charge in [-0.1, -0.05) is 37.3 Å². The number of aryl methyl sites for hydroxylation is 1. The van der Waals surface area contributed by atoms with Gasteiger partial charge in [0, 0.05) is 44.5 Å². The fraction of sp³-hybridized carbons (Fsp3) is 0.474. The van der Waals surface area contributed by atoms with Gasteiger partial charge >= 0.3 is 0 Å². The lowest BCUT2D eigenvalue weighted by Crippen LogP contribution is -2.43. The molecule has 1 aliphatic rings. The minimum absolute atomic E-state index is 0.476. The molecule has 3 rings (SSSR count). The quantitative estimate of drug-likeness (QED) is 0.916. The van der Waals surface area contributed by atoms with Crippen LogP contribution < -0.4 is 10.6 Å². The maximum Gasteiger partial charge on any atom is 0.227 e. The highest BCUT2D eigenvalue weighted by molar-refractivity contribution is 5.44. The second-order valence-corrected chi connectivity index (χ2v) is 6.54. The molecule has 0 radical (unpaired) electrons. The summed E-state index contributed by atoms with van der Waals surface area (Å²) >= 11 is 0. The van der Waals surface area contributed by atoms with Crippen LogP contribution in [-0.2, 0) is 13.0 Å². The molecule has 0 unspecified atom stereocenters. The summed E-state index contributed by atoms with van der Waals surface area (Å²) in [6.45, 7) is 5.31. The van der Waals surface area contributed by atoms with Gasteiger partial charge in [0.25, 0.3) is 0 Å². The Morgan fingerprint density at radius 2 is 1.92 bits per heavy atom. The zero-order chi connectivity index (χ0) is 16.9. The Hall–Kier alpha value is -2.14. The molecular formula is C19H27N5. The van der Waals surface area contributed by atoms with Crippen LogP contribution in [0.15, 0.2) is 36.5 Å². The second kappa shape index (κ2) is 7.62. The van der Waals surface area contributed by atoms with Crippen LogP contribution >= 0.6 is 0 Å². The van der Waals surface area contributed by atoms with Gasteiger partial charge in [0.15, 0.2) is 0 Å². The molecule has 2 aromatic rings. The molecule has 5 nitrogen and oxygen atoms in total. The van der Waals surface area contributed by atoms with Crippen molar-refractivity contribution in [2.45, 2.75) is 38.8 Å². The van der Waals surface area contributed by atoms with Gasteiger partial charge < -0.3 is 10.6 Å². The van der Waals surface area contributed by atoms with E-state index >= 15 is 0 Å². The van der Waals surface area contributed by atoms with E-state index in [4.69, 9.17) is 5.73 Å². The first-order chi connectivity index (χ1) is 11.7. The topological polar surface area (TPSA) is 58.3 Å². The minimum Gasteiger partial charge on any atom is -0.383 e. The van der Waals surface area contributed by atoms with Gasteiger partial charge in [-0.2, -0.15) is 4.98 Å². The Bertz CT molecular complexity index is 650. The van der Waals surface area contributed by atoms with Gasteiger partial charge in [0.2, 0.25) is 5.95 Å². The maximum absolute atomic E-state index is 6.02. The van der Waals surface area contributed by atoms with E-state index in [-0.39, 0.29) is 0 Å². The molecule has 0 atom stereocenters. The van der Waals surface area contributed by atoms with Crippen LogP contribution in [0.2, 0.25) is 0 Å². The van der Waals surface area contributed by atoms with E-state index in [0.29, 0.717) is 11.9 Å². The maximum atomic E-state index is 6.02. The first-order valence-electron chi connectivity index (χ1n) is 8.78. The first-order valence-corrected chi connectivity index (χ1v) is 8.78. The van der Waals surface area contributed by atoms with Gasteiger partial charge in [-0.25, -0.2) is 4.98 Å². The molecule has 0 spiro atoms. The van der Waals surface area contributed by atoms with E-state index in [2.05, 4.69) is 64.1 Å². The molecule has 0 aliphatic carbocycles. The molecule has 1 fully saturated rings. The van der Waals surface area contributed by atoms with E-state index in [1.807, 2.05) is 6.20 Å². The number of hydrogen-bond acceptors (Lipinski definition) is 5. The Balaban J connectivity index is 1.57. The molecule has 1 aromatic carbocycles. The standard InChI is InChI=1S/C19H27N5/c1-3-16-13-21-19(22-18(16)20)23(2)17-9-11-24(12-10-17)14-15-7-5-4-6-8-15/h4-8,13,17H,3,9-12,14H2,1-2H3,(H2,20,21,22). The molecule has 5 heteroatoms. The van der Waals surface area contributed by atoms with Gasteiger partial charge in [-0.15, -0.1) is 0 Å². The van der Waals surface area contributed by atoms with Crippen molar-refractivity contribution >= 4 is 11.8 Å². The second-order valence-electron chi connectivity index (χ2n) is 6.54. The van der Waals surface area contributed by atoms with E-state index in [9.17, 15) is 0 Å². The molecule has 24 heavy (non-hydrogen) atoms. The average Bonchev–Trinajstić information content (AvgIpc) is 2.62. The molecule has 1 aromatic heterocycles. The Kier molecular flexibility index (Phi) is 5.30. The van der Waals surface area contributed by atoms with E-state index < -0.39 is 0 Å². The molecule has 1 aliphatic heterocycles. The monoisotopic (exact) mass is 325 g/mol. The van der Waals surface area contributed by atoms with Crippen LogP contribution in [0.5, 0.6) is 0 Å². The first kappa shape index (κ1) is 16.7. The number of aromatic nitrogens is 2. The van der Waals surface area contributed by atoms with E-state index in [0.717, 1.165) is 50.4 Å². The molecule has 1 saturated heterocycles. The van der Waals surface area contributed by atoms with Crippen molar-refractivity contribution in [2.24, 2.45) is 0 Å². The number of nitrogens with zero attached hydrogens (tertiary/aromatic N) is 4. The van der Waals surface area contributed by atoms with Crippen molar-refractivity contribution in [3.8, 4) is 0 Å². The van der Waals surface area contributed by atoms with Crippen molar-refractivity contribution in [1.82, 2.24) is 14.9 Å². The predicted octanol–water partition coefficient (Wildman–Crippen LogP) is 2.72. The van der Waals surface area contributed by atoms with Crippen LogP contribution in [0, 0.1) is 0 Å². The molecule has 0 bridgehead atoms. The lowest BCUT2D eigenvalue weighted by atomic mass is 10.0. The third kappa shape index (κ3) is 3.85. The number of hydrogen-bond donors (Lipinski definition) is 1. The van der Waals surface area contributed by atoms with Gasteiger partial charge in [-0.05, 0) is 24.8 Å². The summed E-state index contributed by atoms with van der Waals surface area (Å²) in [6, 6.07) is 11.2. The molecule has 128 valence electrons. The van der Waals surface area contributed by atoms with Crippen LogP contribution in [0.25, 0.3) is 0 Å². The summed E-state index contributed by atoms with van der Waals surface area (Å²) in [6.07, 6.45) is 4.98. The van der Waals surface area contributed by atoms with Crippen molar-refractivity contribution in [2.75, 3.05) is 30.8 Å². The zero-order valence-electron chi connectivity index (χ0n) is 14.7. The fourth-order valence-electron chi connectivity index (χ4n) is 3.32. The highest BCUT2D eigenvalue weighted by Gasteiger charge is 2.24. The van der Waals surface area contributed by atoms with E-state index in [1.165, 1.54) is 5.56 Å². The lowest BCUT2D eigenvalue weighted by Gasteiger charge is -2.36. The number of anilines is 2. The molecule has 2 N–H and O–H groups in total. The molecule has 0 saturated carbocycles. The average molecular weight is 325 g/mol. The van der Waals surface area contributed by atoms with Crippen LogP contribution in [0.1, 0.15) is 30.9 Å².